The standard InChI is InChI=1S/C34H51NO8S/c1-24(2)40-27-17-14-25(15-18-27)21-32(37)42-29-22-26(30(43-44(9,38)39)23-35-34(6,7)8)16-19-28(29)41-31(36)13-11-10-12-20-33(3,4)5/h14-19,22,24,30,35H,10-13,20-21,23H2,1-9H3. The highest BCUT2D eigenvalue weighted by Crippen LogP contribution is 2.33. The van der Waals surface area contributed by atoms with Crippen molar-refractivity contribution in [3.05, 3.63) is 53.6 Å². The molecule has 2 aromatic carbocycles. The molecule has 2 rings (SSSR count). The van der Waals surface area contributed by atoms with Gasteiger partial charge < -0.3 is 19.5 Å². The van der Waals surface area contributed by atoms with Gasteiger partial charge in [-0.3, -0.25) is 13.8 Å². The molecule has 0 aliphatic carbocycles. The molecule has 0 bridgehead atoms. The molecule has 9 nitrogen and oxygen atoms in total. The van der Waals surface area contributed by atoms with Crippen molar-refractivity contribution in [1.29, 1.82) is 0 Å². The topological polar surface area (TPSA) is 117 Å². The van der Waals surface area contributed by atoms with Gasteiger partial charge in [0.05, 0.1) is 18.8 Å². The minimum Gasteiger partial charge on any atom is -0.491 e. The minimum atomic E-state index is -3.82. The minimum absolute atomic E-state index is 0.00574. The van der Waals surface area contributed by atoms with Crippen molar-refractivity contribution in [1.82, 2.24) is 5.32 Å². The number of benzene rings is 2. The van der Waals surface area contributed by atoms with E-state index in [1.165, 1.54) is 12.1 Å². The smallest absolute Gasteiger partial charge is 0.315 e. The molecule has 1 unspecified atom stereocenters. The first-order valence-electron chi connectivity index (χ1n) is 15.2. The number of esters is 2. The number of hydrogen-bond donors (Lipinski definition) is 1. The van der Waals surface area contributed by atoms with Gasteiger partial charge in [0.2, 0.25) is 0 Å². The Morgan fingerprint density at radius 1 is 0.841 bits per heavy atom. The molecule has 0 aromatic heterocycles. The number of hydrogen-bond acceptors (Lipinski definition) is 9. The number of carbonyl (C=O) groups is 2. The van der Waals surface area contributed by atoms with E-state index in [1.54, 1.807) is 30.3 Å². The molecule has 1 N–H and O–H groups in total. The maximum absolute atomic E-state index is 13.0. The highest BCUT2D eigenvalue weighted by Gasteiger charge is 2.24. The van der Waals surface area contributed by atoms with Crippen LogP contribution in [0.2, 0.25) is 0 Å². The lowest BCUT2D eigenvalue weighted by atomic mass is 9.89. The first kappa shape index (κ1) is 37.2. The summed E-state index contributed by atoms with van der Waals surface area (Å²) >= 11 is 0. The highest BCUT2D eigenvalue weighted by atomic mass is 32.2. The van der Waals surface area contributed by atoms with E-state index in [4.69, 9.17) is 18.4 Å². The van der Waals surface area contributed by atoms with Crippen LogP contribution >= 0.6 is 0 Å². The summed E-state index contributed by atoms with van der Waals surface area (Å²) in [5.41, 5.74) is 1.08. The van der Waals surface area contributed by atoms with Crippen LogP contribution < -0.4 is 19.5 Å². The summed E-state index contributed by atoms with van der Waals surface area (Å²) in [6.07, 6.45) is 3.94. The zero-order chi connectivity index (χ0) is 33.1. The first-order chi connectivity index (χ1) is 20.3. The Kier molecular flexibility index (Phi) is 13.9. The van der Waals surface area contributed by atoms with Crippen LogP contribution in [0.5, 0.6) is 17.2 Å². The van der Waals surface area contributed by atoms with E-state index in [9.17, 15) is 18.0 Å². The third-order valence-electron chi connectivity index (χ3n) is 6.35. The predicted molar refractivity (Wildman–Crippen MR) is 173 cm³/mol. The third-order valence-corrected chi connectivity index (χ3v) is 6.93. The second-order valence-electron chi connectivity index (χ2n) is 13.7. The zero-order valence-corrected chi connectivity index (χ0v) is 28.6. The molecule has 0 radical (unpaired) electrons. The molecule has 246 valence electrons. The van der Waals surface area contributed by atoms with Crippen molar-refractivity contribution >= 4 is 22.1 Å². The molecule has 0 aliphatic heterocycles. The molecule has 0 aliphatic rings. The van der Waals surface area contributed by atoms with Gasteiger partial charge in [0, 0.05) is 18.5 Å². The SMILES string of the molecule is CC(C)Oc1ccc(CC(=O)Oc2cc(C(CNC(C)(C)C)OS(C)(=O)=O)ccc2OC(=O)CCCCCC(C)(C)C)cc1. The van der Waals surface area contributed by atoms with Crippen molar-refractivity contribution in [2.24, 2.45) is 5.41 Å². The van der Waals surface area contributed by atoms with Gasteiger partial charge in [-0.05, 0) is 88.3 Å². The second kappa shape index (κ2) is 16.4. The van der Waals surface area contributed by atoms with Crippen LogP contribution in [0.25, 0.3) is 0 Å². The van der Waals surface area contributed by atoms with E-state index < -0.39 is 28.2 Å². The Hall–Kier alpha value is -2.95. The molecule has 0 fully saturated rings. The van der Waals surface area contributed by atoms with E-state index in [0.717, 1.165) is 25.5 Å². The van der Waals surface area contributed by atoms with Crippen molar-refractivity contribution in [3.8, 4) is 17.2 Å². The molecule has 0 saturated heterocycles. The predicted octanol–water partition coefficient (Wildman–Crippen LogP) is 6.93. The van der Waals surface area contributed by atoms with Gasteiger partial charge in [0.15, 0.2) is 11.5 Å². The van der Waals surface area contributed by atoms with Crippen LogP contribution in [0, 0.1) is 5.41 Å². The summed E-state index contributed by atoms with van der Waals surface area (Å²) in [7, 11) is -3.82. The van der Waals surface area contributed by atoms with Crippen molar-refractivity contribution in [3.63, 3.8) is 0 Å². The molecule has 0 amide bonds. The van der Waals surface area contributed by atoms with Crippen molar-refractivity contribution < 1.29 is 36.4 Å². The lowest BCUT2D eigenvalue weighted by Crippen LogP contribution is -2.39. The molecule has 2 aromatic rings. The van der Waals surface area contributed by atoms with E-state index >= 15 is 0 Å². The highest BCUT2D eigenvalue weighted by molar-refractivity contribution is 7.86. The molecular formula is C34H51NO8S. The van der Waals surface area contributed by atoms with E-state index in [0.29, 0.717) is 23.3 Å². The molecule has 10 heteroatoms. The first-order valence-corrected chi connectivity index (χ1v) is 17.1. The van der Waals surface area contributed by atoms with E-state index in [-0.39, 0.29) is 47.9 Å². The summed E-state index contributed by atoms with van der Waals surface area (Å²) in [5.74, 6) is -0.244. The normalized spacial score (nSPS) is 13.0. The number of nitrogens with one attached hydrogen (secondary N) is 1. The summed E-state index contributed by atoms with van der Waals surface area (Å²) in [4.78, 5) is 25.8. The lowest BCUT2D eigenvalue weighted by molar-refractivity contribution is -0.136. The molecule has 0 spiro atoms. The quantitative estimate of drug-likeness (QED) is 0.0909. The zero-order valence-electron chi connectivity index (χ0n) is 27.8. The molecule has 44 heavy (non-hydrogen) atoms. The Balaban J connectivity index is 2.27. The fraction of sp³-hybridized carbons (Fsp3) is 0.588. The van der Waals surface area contributed by atoms with E-state index in [1.807, 2.05) is 34.6 Å². The number of ether oxygens (including phenoxy) is 3. The number of carbonyl (C=O) groups excluding carboxylic acids is 2. The average molecular weight is 634 g/mol. The van der Waals surface area contributed by atoms with Gasteiger partial charge in [-0.25, -0.2) is 0 Å². The monoisotopic (exact) mass is 633 g/mol. The van der Waals surface area contributed by atoms with Gasteiger partial charge in [-0.2, -0.15) is 8.42 Å². The van der Waals surface area contributed by atoms with Crippen LogP contribution in [0.4, 0.5) is 0 Å². The van der Waals surface area contributed by atoms with Gasteiger partial charge in [0.1, 0.15) is 11.9 Å². The fourth-order valence-electron chi connectivity index (χ4n) is 4.26. The fourth-order valence-corrected chi connectivity index (χ4v) is 4.87. The summed E-state index contributed by atoms with van der Waals surface area (Å²) < 4.78 is 46.6. The Bertz CT molecular complexity index is 1320. The van der Waals surface area contributed by atoms with Crippen LogP contribution in [-0.4, -0.2) is 44.8 Å². The van der Waals surface area contributed by atoms with Gasteiger partial charge in [-0.15, -0.1) is 0 Å². The van der Waals surface area contributed by atoms with Crippen molar-refractivity contribution in [2.75, 3.05) is 12.8 Å². The van der Waals surface area contributed by atoms with Crippen molar-refractivity contribution in [2.45, 2.75) is 112 Å². The third kappa shape index (κ3) is 15.7. The lowest BCUT2D eigenvalue weighted by Gasteiger charge is -2.25. The van der Waals surface area contributed by atoms with E-state index in [2.05, 4.69) is 26.1 Å². The van der Waals surface area contributed by atoms with Crippen LogP contribution in [0.15, 0.2) is 42.5 Å². The maximum Gasteiger partial charge on any atom is 0.315 e. The Morgan fingerprint density at radius 2 is 1.48 bits per heavy atom. The van der Waals surface area contributed by atoms with Crippen LogP contribution in [-0.2, 0) is 30.3 Å². The van der Waals surface area contributed by atoms with Crippen LogP contribution in [0.1, 0.15) is 105 Å². The Labute approximate surface area is 264 Å². The van der Waals surface area contributed by atoms with Crippen LogP contribution in [0.3, 0.4) is 0 Å². The van der Waals surface area contributed by atoms with Gasteiger partial charge >= 0.3 is 11.9 Å². The largest absolute Gasteiger partial charge is 0.491 e. The molecule has 0 heterocycles. The number of unbranched alkanes of at least 4 members (excludes halogenated alkanes) is 2. The molecule has 1 atom stereocenters. The number of rotatable bonds is 16. The average Bonchev–Trinajstić information content (AvgIpc) is 2.86. The molecule has 0 saturated carbocycles. The maximum atomic E-state index is 13.0. The van der Waals surface area contributed by atoms with Gasteiger partial charge in [0.25, 0.3) is 10.1 Å². The van der Waals surface area contributed by atoms with Gasteiger partial charge in [-0.1, -0.05) is 51.8 Å². The second-order valence-corrected chi connectivity index (χ2v) is 15.3. The summed E-state index contributed by atoms with van der Waals surface area (Å²) in [6, 6.07) is 11.7. The summed E-state index contributed by atoms with van der Waals surface area (Å²) in [5, 5.41) is 3.25. The molecular weight excluding hydrogens is 582 g/mol. The Morgan fingerprint density at radius 3 is 2.05 bits per heavy atom. The summed E-state index contributed by atoms with van der Waals surface area (Å²) in [6.45, 7) is 16.4.